The molecule has 0 aliphatic rings. The van der Waals surface area contributed by atoms with Crippen LogP contribution in [0.25, 0.3) is 0 Å². The molecule has 0 saturated carbocycles. The number of esters is 1. The molecule has 1 amide bonds. The Balaban J connectivity index is 2.36. The summed E-state index contributed by atoms with van der Waals surface area (Å²) in [4.78, 5) is 24.4. The zero-order valence-electron chi connectivity index (χ0n) is 15.2. The lowest BCUT2D eigenvalue weighted by Gasteiger charge is -2.18. The van der Waals surface area contributed by atoms with Gasteiger partial charge in [-0.05, 0) is 35.9 Å². The Hall–Kier alpha value is -2.56. The smallest absolute Gasteiger partial charge is 0.416 e. The van der Waals surface area contributed by atoms with Gasteiger partial charge < -0.3 is 10.1 Å². The van der Waals surface area contributed by atoms with E-state index in [2.05, 4.69) is 26.0 Å². The summed E-state index contributed by atoms with van der Waals surface area (Å²) >= 11 is 3.23. The van der Waals surface area contributed by atoms with Crippen LogP contribution in [-0.4, -0.2) is 25.0 Å². The van der Waals surface area contributed by atoms with Crippen LogP contribution in [0.5, 0.6) is 0 Å². The second kappa shape index (κ2) is 9.07. The van der Waals surface area contributed by atoms with E-state index >= 15 is 0 Å². The number of benzene rings is 2. The molecule has 0 aromatic heterocycles. The molecule has 0 saturated heterocycles. The van der Waals surface area contributed by atoms with Gasteiger partial charge in [-0.3, -0.25) is 4.79 Å². The van der Waals surface area contributed by atoms with E-state index in [4.69, 9.17) is 0 Å². The number of carbonyl (C=O) groups excluding carboxylic acids is 2. The number of hydrogen-bond acceptors (Lipinski definition) is 3. The highest BCUT2D eigenvalue weighted by atomic mass is 79.9. The van der Waals surface area contributed by atoms with Crippen molar-refractivity contribution in [2.75, 3.05) is 7.11 Å². The molecule has 11 heteroatoms. The summed E-state index contributed by atoms with van der Waals surface area (Å²) < 4.78 is 83.2. The first-order chi connectivity index (χ1) is 13.8. The second-order valence-electron chi connectivity index (χ2n) is 6.17. The van der Waals surface area contributed by atoms with Gasteiger partial charge in [0.2, 0.25) is 0 Å². The van der Waals surface area contributed by atoms with E-state index in [9.17, 15) is 35.9 Å². The Kier molecular flexibility index (Phi) is 7.17. The summed E-state index contributed by atoms with van der Waals surface area (Å²) in [7, 11) is 1.04. The van der Waals surface area contributed by atoms with E-state index in [0.717, 1.165) is 11.6 Å². The molecule has 2 rings (SSSR count). The van der Waals surface area contributed by atoms with Gasteiger partial charge in [0.1, 0.15) is 6.04 Å². The number of nitrogens with one attached hydrogen (secondary N) is 1. The minimum atomic E-state index is -5.10. The molecule has 1 N–H and O–H groups in total. The third-order valence-electron chi connectivity index (χ3n) is 3.99. The van der Waals surface area contributed by atoms with E-state index in [1.165, 1.54) is 0 Å². The number of methoxy groups -OCH3 is 1. The normalized spacial score (nSPS) is 12.9. The lowest BCUT2D eigenvalue weighted by Crippen LogP contribution is -2.43. The molecule has 0 unspecified atom stereocenters. The van der Waals surface area contributed by atoms with Gasteiger partial charge in [0, 0.05) is 16.5 Å². The molecular formula is C19H14BrF6NO3. The fourth-order valence-corrected chi connectivity index (χ4v) is 2.78. The van der Waals surface area contributed by atoms with Gasteiger partial charge >= 0.3 is 18.3 Å². The Bertz CT molecular complexity index is 893. The Morgan fingerprint density at radius 2 is 1.47 bits per heavy atom. The van der Waals surface area contributed by atoms with Crippen molar-refractivity contribution in [2.45, 2.75) is 24.8 Å². The zero-order chi connectivity index (χ0) is 22.7. The van der Waals surface area contributed by atoms with Crippen molar-refractivity contribution in [1.29, 1.82) is 0 Å². The summed E-state index contributed by atoms with van der Waals surface area (Å²) in [5, 5.41) is 2.14. The lowest BCUT2D eigenvalue weighted by atomic mass is 10.0. The Morgan fingerprint density at radius 3 is 1.90 bits per heavy atom. The predicted molar refractivity (Wildman–Crippen MR) is 97.6 cm³/mol. The molecule has 0 aliphatic carbocycles. The molecule has 2 aromatic rings. The fraction of sp³-hybridized carbons (Fsp3) is 0.263. The van der Waals surface area contributed by atoms with E-state index in [0.29, 0.717) is 17.7 Å². The first kappa shape index (κ1) is 23.7. The highest BCUT2D eigenvalue weighted by Crippen LogP contribution is 2.36. The first-order valence-electron chi connectivity index (χ1n) is 8.24. The van der Waals surface area contributed by atoms with Crippen LogP contribution in [0.1, 0.15) is 27.0 Å². The molecule has 4 nitrogen and oxygen atoms in total. The minimum absolute atomic E-state index is 0.0865. The molecule has 0 radical (unpaired) electrons. The van der Waals surface area contributed by atoms with Crippen LogP contribution < -0.4 is 5.32 Å². The van der Waals surface area contributed by atoms with Gasteiger partial charge in [-0.15, -0.1) is 0 Å². The SMILES string of the molecule is COC(=O)[C@H](Cc1ccc(Br)cc1)NC(=O)c1cc(C(F)(F)F)cc(C(F)(F)F)c1. The summed E-state index contributed by atoms with van der Waals surface area (Å²) in [6.45, 7) is 0. The molecule has 0 aliphatic heterocycles. The van der Waals surface area contributed by atoms with Crippen LogP contribution in [0.15, 0.2) is 46.9 Å². The highest BCUT2D eigenvalue weighted by molar-refractivity contribution is 9.10. The standard InChI is InChI=1S/C19H14BrF6NO3/c1-30-17(29)15(6-10-2-4-14(20)5-3-10)27-16(28)11-7-12(18(21,22)23)9-13(8-11)19(24,25)26/h2-5,7-9,15H,6H2,1H3,(H,27,28)/t15-/m0/s1. The third kappa shape index (κ3) is 6.22. The van der Waals surface area contributed by atoms with Crippen LogP contribution >= 0.6 is 15.9 Å². The van der Waals surface area contributed by atoms with Crippen LogP contribution in [0.4, 0.5) is 26.3 Å². The monoisotopic (exact) mass is 497 g/mol. The molecule has 0 spiro atoms. The molecule has 2 aromatic carbocycles. The molecule has 0 heterocycles. The fourth-order valence-electron chi connectivity index (χ4n) is 2.52. The van der Waals surface area contributed by atoms with Crippen molar-refractivity contribution in [3.63, 3.8) is 0 Å². The molecule has 30 heavy (non-hydrogen) atoms. The summed E-state index contributed by atoms with van der Waals surface area (Å²) in [6.07, 6.45) is -10.3. The van der Waals surface area contributed by atoms with Gasteiger partial charge in [0.25, 0.3) is 5.91 Å². The summed E-state index contributed by atoms with van der Waals surface area (Å²) in [6, 6.07) is 5.73. The van der Waals surface area contributed by atoms with E-state index in [1.807, 2.05) is 0 Å². The number of amides is 1. The Labute approximate surface area is 175 Å². The van der Waals surface area contributed by atoms with Crippen molar-refractivity contribution in [2.24, 2.45) is 0 Å². The number of ether oxygens (including phenoxy) is 1. The van der Waals surface area contributed by atoms with E-state index < -0.39 is 47.0 Å². The quantitative estimate of drug-likeness (QED) is 0.467. The average Bonchev–Trinajstić information content (AvgIpc) is 2.66. The molecule has 0 fully saturated rings. The van der Waals surface area contributed by atoms with Gasteiger partial charge in [0.05, 0.1) is 18.2 Å². The summed E-state index contributed by atoms with van der Waals surface area (Å²) in [5.41, 5.74) is -3.58. The molecule has 162 valence electrons. The number of alkyl halides is 6. The number of rotatable bonds is 5. The zero-order valence-corrected chi connectivity index (χ0v) is 16.8. The van der Waals surface area contributed by atoms with Crippen molar-refractivity contribution in [1.82, 2.24) is 5.32 Å². The predicted octanol–water partition coefficient (Wildman–Crippen LogP) is 5.00. The number of halogens is 7. The van der Waals surface area contributed by atoms with Crippen LogP contribution in [0.2, 0.25) is 0 Å². The van der Waals surface area contributed by atoms with E-state index in [1.54, 1.807) is 24.3 Å². The van der Waals surface area contributed by atoms with Crippen LogP contribution in [0.3, 0.4) is 0 Å². The first-order valence-corrected chi connectivity index (χ1v) is 9.03. The van der Waals surface area contributed by atoms with Gasteiger partial charge in [-0.1, -0.05) is 28.1 Å². The number of carbonyl (C=O) groups is 2. The van der Waals surface area contributed by atoms with Crippen molar-refractivity contribution in [3.05, 3.63) is 69.2 Å². The third-order valence-corrected chi connectivity index (χ3v) is 4.52. The van der Waals surface area contributed by atoms with Crippen LogP contribution in [0, 0.1) is 0 Å². The molecule has 1 atom stereocenters. The molecular weight excluding hydrogens is 484 g/mol. The number of hydrogen-bond donors (Lipinski definition) is 1. The van der Waals surface area contributed by atoms with Crippen molar-refractivity contribution >= 4 is 27.8 Å². The molecule has 0 bridgehead atoms. The summed E-state index contributed by atoms with van der Waals surface area (Å²) in [5.74, 6) is -2.19. The topological polar surface area (TPSA) is 55.4 Å². The van der Waals surface area contributed by atoms with E-state index in [-0.39, 0.29) is 12.5 Å². The average molecular weight is 498 g/mol. The minimum Gasteiger partial charge on any atom is -0.467 e. The van der Waals surface area contributed by atoms with Crippen molar-refractivity contribution in [3.8, 4) is 0 Å². The maximum absolute atomic E-state index is 13.0. The maximum atomic E-state index is 13.0. The van der Waals surface area contributed by atoms with Crippen molar-refractivity contribution < 1.29 is 40.7 Å². The highest BCUT2D eigenvalue weighted by Gasteiger charge is 2.37. The van der Waals surface area contributed by atoms with Gasteiger partial charge in [-0.2, -0.15) is 26.3 Å². The largest absolute Gasteiger partial charge is 0.467 e. The second-order valence-corrected chi connectivity index (χ2v) is 7.09. The van der Waals surface area contributed by atoms with Crippen LogP contribution in [-0.2, 0) is 28.3 Å². The maximum Gasteiger partial charge on any atom is 0.416 e. The Morgan fingerprint density at radius 1 is 0.967 bits per heavy atom. The lowest BCUT2D eigenvalue weighted by molar-refractivity contribution is -0.144. The van der Waals surface area contributed by atoms with Gasteiger partial charge in [0.15, 0.2) is 0 Å². The van der Waals surface area contributed by atoms with Gasteiger partial charge in [-0.25, -0.2) is 4.79 Å².